The molecule has 0 aliphatic carbocycles. The van der Waals surface area contributed by atoms with E-state index in [2.05, 4.69) is 5.32 Å². The van der Waals surface area contributed by atoms with Gasteiger partial charge in [-0.25, -0.2) is 0 Å². The van der Waals surface area contributed by atoms with Gasteiger partial charge in [0, 0.05) is 6.54 Å². The standard InChI is InChI=1S/C14H20N2OS/c1-2-12(11-7-4-3-5-8-11)14(17)16-10-6-9-13(15)18/h3-5,7-8,12H,2,6,9-10H2,1H3,(H2,15,18)(H,16,17). The summed E-state index contributed by atoms with van der Waals surface area (Å²) >= 11 is 4.79. The Morgan fingerprint density at radius 2 is 2.06 bits per heavy atom. The topological polar surface area (TPSA) is 55.1 Å². The van der Waals surface area contributed by atoms with Crippen LogP contribution in [0.2, 0.25) is 0 Å². The zero-order chi connectivity index (χ0) is 13.4. The van der Waals surface area contributed by atoms with Gasteiger partial charge in [0.05, 0.1) is 10.9 Å². The lowest BCUT2D eigenvalue weighted by Gasteiger charge is -2.15. The lowest BCUT2D eigenvalue weighted by molar-refractivity contribution is -0.122. The summed E-state index contributed by atoms with van der Waals surface area (Å²) in [7, 11) is 0. The molecule has 0 spiro atoms. The van der Waals surface area contributed by atoms with Crippen LogP contribution < -0.4 is 11.1 Å². The van der Waals surface area contributed by atoms with Gasteiger partial charge in [-0.3, -0.25) is 4.79 Å². The van der Waals surface area contributed by atoms with Crippen LogP contribution in [0.5, 0.6) is 0 Å². The second-order valence-corrected chi connectivity index (χ2v) is 4.76. The Bertz CT molecular complexity index is 392. The number of nitrogens with two attached hydrogens (primary N) is 1. The van der Waals surface area contributed by atoms with E-state index >= 15 is 0 Å². The molecule has 0 aliphatic heterocycles. The van der Waals surface area contributed by atoms with Crippen LogP contribution in [0.3, 0.4) is 0 Å². The van der Waals surface area contributed by atoms with Crippen LogP contribution in [0.4, 0.5) is 0 Å². The zero-order valence-corrected chi connectivity index (χ0v) is 11.5. The van der Waals surface area contributed by atoms with Crippen molar-refractivity contribution >= 4 is 23.1 Å². The average molecular weight is 264 g/mol. The van der Waals surface area contributed by atoms with E-state index in [-0.39, 0.29) is 11.8 Å². The van der Waals surface area contributed by atoms with Crippen LogP contribution in [0.15, 0.2) is 30.3 Å². The van der Waals surface area contributed by atoms with Crippen molar-refractivity contribution in [2.45, 2.75) is 32.1 Å². The molecule has 0 aliphatic rings. The third-order valence-corrected chi connectivity index (χ3v) is 3.03. The molecule has 1 rings (SSSR count). The van der Waals surface area contributed by atoms with E-state index < -0.39 is 0 Å². The first-order valence-corrected chi connectivity index (χ1v) is 6.67. The number of hydrogen-bond acceptors (Lipinski definition) is 2. The number of carbonyl (C=O) groups excluding carboxylic acids is 1. The Balaban J connectivity index is 2.46. The average Bonchev–Trinajstić information content (AvgIpc) is 2.36. The number of hydrogen-bond donors (Lipinski definition) is 2. The molecule has 0 saturated heterocycles. The van der Waals surface area contributed by atoms with Gasteiger partial charge >= 0.3 is 0 Å². The lowest BCUT2D eigenvalue weighted by atomic mass is 9.95. The van der Waals surface area contributed by atoms with Gasteiger partial charge in [-0.15, -0.1) is 0 Å². The summed E-state index contributed by atoms with van der Waals surface area (Å²) in [5, 5.41) is 2.93. The molecule has 0 bridgehead atoms. The number of nitrogens with one attached hydrogen (secondary N) is 1. The molecule has 1 aromatic rings. The van der Waals surface area contributed by atoms with Gasteiger partial charge in [0.15, 0.2) is 0 Å². The van der Waals surface area contributed by atoms with E-state index in [0.29, 0.717) is 18.0 Å². The highest BCUT2D eigenvalue weighted by molar-refractivity contribution is 7.80. The van der Waals surface area contributed by atoms with Crippen LogP contribution in [0.25, 0.3) is 0 Å². The van der Waals surface area contributed by atoms with E-state index in [1.165, 1.54) is 0 Å². The fourth-order valence-electron chi connectivity index (χ4n) is 1.86. The third kappa shape index (κ3) is 4.84. The minimum absolute atomic E-state index is 0.0731. The molecule has 0 heterocycles. The number of thiocarbonyl (C=S) groups is 1. The van der Waals surface area contributed by atoms with Gasteiger partial charge in [-0.1, -0.05) is 49.5 Å². The van der Waals surface area contributed by atoms with Crippen molar-refractivity contribution in [2.75, 3.05) is 6.54 Å². The van der Waals surface area contributed by atoms with Gasteiger partial charge in [-0.2, -0.15) is 0 Å². The third-order valence-electron chi connectivity index (χ3n) is 2.83. The van der Waals surface area contributed by atoms with E-state index in [1.807, 2.05) is 37.3 Å². The molecule has 1 atom stereocenters. The molecular weight excluding hydrogens is 244 g/mol. The maximum Gasteiger partial charge on any atom is 0.227 e. The quantitative estimate of drug-likeness (QED) is 0.587. The van der Waals surface area contributed by atoms with Crippen molar-refractivity contribution < 1.29 is 4.79 Å². The molecule has 3 nitrogen and oxygen atoms in total. The SMILES string of the molecule is CCC(C(=O)NCCCC(N)=S)c1ccccc1. The molecule has 0 saturated carbocycles. The normalized spacial score (nSPS) is 11.8. The lowest BCUT2D eigenvalue weighted by Crippen LogP contribution is -2.30. The molecule has 3 N–H and O–H groups in total. The van der Waals surface area contributed by atoms with E-state index in [1.54, 1.807) is 0 Å². The fraction of sp³-hybridized carbons (Fsp3) is 0.429. The van der Waals surface area contributed by atoms with E-state index in [4.69, 9.17) is 18.0 Å². The second kappa shape index (κ2) is 7.82. The van der Waals surface area contributed by atoms with Crippen molar-refractivity contribution in [1.29, 1.82) is 0 Å². The Labute approximate surface area is 114 Å². The molecule has 1 unspecified atom stereocenters. The molecule has 0 aromatic heterocycles. The summed E-state index contributed by atoms with van der Waals surface area (Å²) in [6, 6.07) is 9.85. The van der Waals surface area contributed by atoms with Gasteiger partial charge in [0.1, 0.15) is 0 Å². The van der Waals surface area contributed by atoms with Crippen LogP contribution in [-0.4, -0.2) is 17.4 Å². The highest BCUT2D eigenvalue weighted by Crippen LogP contribution is 2.18. The highest BCUT2D eigenvalue weighted by Gasteiger charge is 2.17. The van der Waals surface area contributed by atoms with Crippen molar-refractivity contribution in [3.8, 4) is 0 Å². The minimum atomic E-state index is -0.0731. The Hall–Kier alpha value is -1.42. The van der Waals surface area contributed by atoms with Crippen LogP contribution in [0.1, 0.15) is 37.7 Å². The van der Waals surface area contributed by atoms with Gasteiger partial charge in [-0.05, 0) is 24.8 Å². The Morgan fingerprint density at radius 3 is 2.61 bits per heavy atom. The summed E-state index contributed by atoms with van der Waals surface area (Å²) < 4.78 is 0. The highest BCUT2D eigenvalue weighted by atomic mass is 32.1. The molecule has 1 aromatic carbocycles. The van der Waals surface area contributed by atoms with Crippen LogP contribution in [-0.2, 0) is 4.79 Å². The Morgan fingerprint density at radius 1 is 1.39 bits per heavy atom. The zero-order valence-electron chi connectivity index (χ0n) is 10.7. The summed E-state index contributed by atoms with van der Waals surface area (Å²) in [5.74, 6) is 0.00247. The van der Waals surface area contributed by atoms with E-state index in [0.717, 1.165) is 18.4 Å². The summed E-state index contributed by atoms with van der Waals surface area (Å²) in [6.07, 6.45) is 2.27. The summed E-state index contributed by atoms with van der Waals surface area (Å²) in [6.45, 7) is 2.64. The van der Waals surface area contributed by atoms with Gasteiger partial charge in [0.2, 0.25) is 5.91 Å². The molecular formula is C14H20N2OS. The van der Waals surface area contributed by atoms with Crippen LogP contribution in [0, 0.1) is 0 Å². The molecule has 18 heavy (non-hydrogen) atoms. The summed E-state index contributed by atoms with van der Waals surface area (Å²) in [4.78, 5) is 12.5. The predicted octanol–water partition coefficient (Wildman–Crippen LogP) is 2.36. The minimum Gasteiger partial charge on any atom is -0.393 e. The number of rotatable bonds is 7. The molecule has 1 amide bonds. The first-order chi connectivity index (χ1) is 8.65. The predicted molar refractivity (Wildman–Crippen MR) is 78.5 cm³/mol. The summed E-state index contributed by atoms with van der Waals surface area (Å²) in [5.41, 5.74) is 6.47. The molecule has 0 radical (unpaired) electrons. The van der Waals surface area contributed by atoms with Gasteiger partial charge in [0.25, 0.3) is 0 Å². The number of benzene rings is 1. The number of amides is 1. The molecule has 98 valence electrons. The van der Waals surface area contributed by atoms with Crippen molar-refractivity contribution in [3.05, 3.63) is 35.9 Å². The van der Waals surface area contributed by atoms with Crippen molar-refractivity contribution in [1.82, 2.24) is 5.32 Å². The molecule has 4 heteroatoms. The van der Waals surface area contributed by atoms with E-state index in [9.17, 15) is 4.79 Å². The first kappa shape index (κ1) is 14.6. The van der Waals surface area contributed by atoms with Crippen molar-refractivity contribution in [2.24, 2.45) is 5.73 Å². The number of carbonyl (C=O) groups is 1. The van der Waals surface area contributed by atoms with Gasteiger partial charge < -0.3 is 11.1 Å². The fourth-order valence-corrected chi connectivity index (χ4v) is 2.00. The largest absolute Gasteiger partial charge is 0.393 e. The maximum atomic E-state index is 12.0. The van der Waals surface area contributed by atoms with Crippen LogP contribution >= 0.6 is 12.2 Å². The Kier molecular flexibility index (Phi) is 6.36. The molecule has 0 fully saturated rings. The first-order valence-electron chi connectivity index (χ1n) is 6.26. The maximum absolute atomic E-state index is 12.0. The monoisotopic (exact) mass is 264 g/mol. The smallest absolute Gasteiger partial charge is 0.227 e. The van der Waals surface area contributed by atoms with Crippen molar-refractivity contribution in [3.63, 3.8) is 0 Å². The second-order valence-electron chi connectivity index (χ2n) is 4.23.